The highest BCUT2D eigenvalue weighted by molar-refractivity contribution is 6.00. The van der Waals surface area contributed by atoms with Crippen molar-refractivity contribution in [3.05, 3.63) is 83.4 Å². The Morgan fingerprint density at radius 1 is 0.931 bits per heavy atom. The molecule has 1 aliphatic heterocycles. The summed E-state index contributed by atoms with van der Waals surface area (Å²) in [6.45, 7) is 1.56. The van der Waals surface area contributed by atoms with Crippen LogP contribution >= 0.6 is 0 Å². The molecule has 0 saturated carbocycles. The minimum absolute atomic E-state index is 0.0217. The SMILES string of the molecule is N=C(N)c1ccc(CN2CCN(C(=O)c3ccc4ccccc4c3)CC2=O)cc1. The Morgan fingerprint density at radius 3 is 2.31 bits per heavy atom. The van der Waals surface area contributed by atoms with Crippen molar-refractivity contribution in [2.45, 2.75) is 6.54 Å². The fourth-order valence-corrected chi connectivity index (χ4v) is 3.56. The van der Waals surface area contributed by atoms with Gasteiger partial charge in [-0.2, -0.15) is 0 Å². The first-order chi connectivity index (χ1) is 14.0. The maximum absolute atomic E-state index is 12.9. The van der Waals surface area contributed by atoms with Crippen LogP contribution in [0.2, 0.25) is 0 Å². The molecule has 3 N–H and O–H groups in total. The lowest BCUT2D eigenvalue weighted by Crippen LogP contribution is -2.51. The van der Waals surface area contributed by atoms with Gasteiger partial charge in [0.2, 0.25) is 5.91 Å². The Hall–Kier alpha value is -3.67. The van der Waals surface area contributed by atoms with Crippen LogP contribution < -0.4 is 5.73 Å². The average molecular weight is 386 g/mol. The molecule has 0 spiro atoms. The number of benzene rings is 3. The number of nitrogens with one attached hydrogen (secondary N) is 1. The highest BCUT2D eigenvalue weighted by Crippen LogP contribution is 2.18. The Labute approximate surface area is 169 Å². The first-order valence-corrected chi connectivity index (χ1v) is 9.50. The number of piperazine rings is 1. The maximum atomic E-state index is 12.9. The van der Waals surface area contributed by atoms with Crippen molar-refractivity contribution in [2.75, 3.05) is 19.6 Å². The lowest BCUT2D eigenvalue weighted by atomic mass is 10.1. The summed E-state index contributed by atoms with van der Waals surface area (Å²) in [5.74, 6) is -0.163. The molecule has 1 fully saturated rings. The smallest absolute Gasteiger partial charge is 0.254 e. The van der Waals surface area contributed by atoms with E-state index in [4.69, 9.17) is 11.1 Å². The molecule has 146 valence electrons. The van der Waals surface area contributed by atoms with Gasteiger partial charge < -0.3 is 15.5 Å². The van der Waals surface area contributed by atoms with Crippen molar-refractivity contribution in [3.8, 4) is 0 Å². The third-order valence-electron chi connectivity index (χ3n) is 5.24. The van der Waals surface area contributed by atoms with E-state index in [1.54, 1.807) is 21.9 Å². The summed E-state index contributed by atoms with van der Waals surface area (Å²) < 4.78 is 0. The number of nitrogen functional groups attached to an aromatic ring is 1. The second-order valence-electron chi connectivity index (χ2n) is 7.21. The summed E-state index contributed by atoms with van der Waals surface area (Å²) in [4.78, 5) is 28.9. The molecule has 0 bridgehead atoms. The zero-order valence-corrected chi connectivity index (χ0v) is 16.0. The highest BCUT2D eigenvalue weighted by atomic mass is 16.2. The molecule has 3 aromatic rings. The quantitative estimate of drug-likeness (QED) is 0.533. The number of rotatable bonds is 4. The van der Waals surface area contributed by atoms with Crippen LogP contribution in [0.4, 0.5) is 0 Å². The second-order valence-corrected chi connectivity index (χ2v) is 7.21. The standard InChI is InChI=1S/C23H22N4O2/c24-22(25)18-7-5-16(6-8-18)14-26-11-12-27(15-21(26)28)23(29)20-10-9-17-3-1-2-4-19(17)13-20/h1-10,13H,11-12,14-15H2,(H3,24,25). The van der Waals surface area contributed by atoms with Crippen LogP contribution in [0.5, 0.6) is 0 Å². The molecule has 0 unspecified atom stereocenters. The molecule has 6 nitrogen and oxygen atoms in total. The van der Waals surface area contributed by atoms with Gasteiger partial charge in [-0.25, -0.2) is 0 Å². The van der Waals surface area contributed by atoms with E-state index in [2.05, 4.69) is 0 Å². The van der Waals surface area contributed by atoms with Crippen LogP contribution in [0, 0.1) is 5.41 Å². The van der Waals surface area contributed by atoms with E-state index in [-0.39, 0.29) is 24.2 Å². The van der Waals surface area contributed by atoms with Crippen LogP contribution in [-0.4, -0.2) is 47.1 Å². The molecule has 0 aliphatic carbocycles. The van der Waals surface area contributed by atoms with Crippen LogP contribution in [0.3, 0.4) is 0 Å². The van der Waals surface area contributed by atoms with Crippen molar-refractivity contribution in [2.24, 2.45) is 5.73 Å². The predicted molar refractivity (Wildman–Crippen MR) is 113 cm³/mol. The summed E-state index contributed by atoms with van der Waals surface area (Å²) >= 11 is 0. The van der Waals surface area contributed by atoms with Crippen molar-refractivity contribution in [1.82, 2.24) is 9.80 Å². The Kier molecular flexibility index (Phi) is 4.99. The number of hydrogen-bond donors (Lipinski definition) is 2. The van der Waals surface area contributed by atoms with Crippen LogP contribution in [0.25, 0.3) is 10.8 Å². The molecule has 3 aromatic carbocycles. The number of hydrogen-bond acceptors (Lipinski definition) is 3. The van der Waals surface area contributed by atoms with Gasteiger partial charge >= 0.3 is 0 Å². The van der Waals surface area contributed by atoms with Crippen molar-refractivity contribution >= 4 is 28.4 Å². The van der Waals surface area contributed by atoms with E-state index in [1.807, 2.05) is 54.6 Å². The number of carbonyl (C=O) groups is 2. The molecule has 29 heavy (non-hydrogen) atoms. The van der Waals surface area contributed by atoms with Crippen molar-refractivity contribution in [1.29, 1.82) is 5.41 Å². The summed E-state index contributed by atoms with van der Waals surface area (Å²) in [7, 11) is 0. The van der Waals surface area contributed by atoms with Gasteiger partial charge in [0, 0.05) is 30.8 Å². The zero-order valence-electron chi connectivity index (χ0n) is 16.0. The molecule has 4 rings (SSSR count). The number of amidine groups is 1. The number of carbonyl (C=O) groups excluding carboxylic acids is 2. The van der Waals surface area contributed by atoms with Gasteiger partial charge in [-0.1, -0.05) is 54.6 Å². The number of fused-ring (bicyclic) bond motifs is 1. The lowest BCUT2D eigenvalue weighted by Gasteiger charge is -2.34. The van der Waals surface area contributed by atoms with Crippen LogP contribution in [0.15, 0.2) is 66.7 Å². The molecule has 0 radical (unpaired) electrons. The molecule has 1 aliphatic rings. The summed E-state index contributed by atoms with van der Waals surface area (Å²) in [5.41, 5.74) is 7.70. The number of nitrogens with zero attached hydrogens (tertiary/aromatic N) is 2. The Morgan fingerprint density at radius 2 is 1.62 bits per heavy atom. The Balaban J connectivity index is 1.41. The number of nitrogens with two attached hydrogens (primary N) is 1. The fraction of sp³-hybridized carbons (Fsp3) is 0.174. The zero-order chi connectivity index (χ0) is 20.4. The topological polar surface area (TPSA) is 90.5 Å². The molecule has 1 saturated heterocycles. The van der Waals surface area contributed by atoms with Crippen LogP contribution in [0.1, 0.15) is 21.5 Å². The molecule has 1 heterocycles. The monoisotopic (exact) mass is 386 g/mol. The Bertz CT molecular complexity index is 1090. The first-order valence-electron chi connectivity index (χ1n) is 9.50. The van der Waals surface area contributed by atoms with Gasteiger partial charge in [-0.3, -0.25) is 15.0 Å². The normalized spacial score (nSPS) is 14.3. The molecule has 0 aromatic heterocycles. The van der Waals surface area contributed by atoms with E-state index in [0.29, 0.717) is 30.8 Å². The molecular formula is C23H22N4O2. The minimum atomic E-state index is -0.116. The minimum Gasteiger partial charge on any atom is -0.384 e. The number of amides is 2. The summed E-state index contributed by atoms with van der Waals surface area (Å²) in [6.07, 6.45) is 0. The van der Waals surface area contributed by atoms with Gasteiger partial charge in [0.15, 0.2) is 0 Å². The highest BCUT2D eigenvalue weighted by Gasteiger charge is 2.27. The summed E-state index contributed by atoms with van der Waals surface area (Å²) in [5, 5.41) is 9.54. The lowest BCUT2D eigenvalue weighted by molar-refractivity contribution is -0.135. The third kappa shape index (κ3) is 3.96. The van der Waals surface area contributed by atoms with Crippen LogP contribution in [-0.2, 0) is 11.3 Å². The second kappa shape index (κ2) is 7.75. The van der Waals surface area contributed by atoms with E-state index in [1.165, 1.54) is 0 Å². The van der Waals surface area contributed by atoms with Gasteiger partial charge in [0.1, 0.15) is 12.4 Å². The van der Waals surface area contributed by atoms with E-state index in [9.17, 15) is 9.59 Å². The molecule has 6 heteroatoms. The molecule has 0 atom stereocenters. The van der Waals surface area contributed by atoms with Gasteiger partial charge in [0.25, 0.3) is 5.91 Å². The van der Waals surface area contributed by atoms with E-state index < -0.39 is 0 Å². The molecular weight excluding hydrogens is 364 g/mol. The van der Waals surface area contributed by atoms with E-state index >= 15 is 0 Å². The fourth-order valence-electron chi connectivity index (χ4n) is 3.56. The molecule has 2 amide bonds. The van der Waals surface area contributed by atoms with Crippen molar-refractivity contribution < 1.29 is 9.59 Å². The maximum Gasteiger partial charge on any atom is 0.254 e. The van der Waals surface area contributed by atoms with Gasteiger partial charge in [-0.15, -0.1) is 0 Å². The average Bonchev–Trinajstić information content (AvgIpc) is 2.74. The van der Waals surface area contributed by atoms with E-state index in [0.717, 1.165) is 16.3 Å². The third-order valence-corrected chi connectivity index (χ3v) is 5.24. The van der Waals surface area contributed by atoms with Gasteiger partial charge in [-0.05, 0) is 28.5 Å². The largest absolute Gasteiger partial charge is 0.384 e. The first kappa shape index (κ1) is 18.7. The summed E-state index contributed by atoms with van der Waals surface area (Å²) in [6, 6.07) is 20.8. The van der Waals surface area contributed by atoms with Gasteiger partial charge in [0.05, 0.1) is 0 Å². The predicted octanol–water partition coefficient (Wildman–Crippen LogP) is 2.61. The van der Waals surface area contributed by atoms with Crippen molar-refractivity contribution in [3.63, 3.8) is 0 Å².